The van der Waals surface area contributed by atoms with Crippen LogP contribution in [0.4, 0.5) is 0 Å². The molecule has 190 valence electrons. The minimum atomic E-state index is -1.71. The number of allylic oxidation sites excluding steroid dienone is 1. The van der Waals surface area contributed by atoms with Gasteiger partial charge in [0.25, 0.3) is 0 Å². The first-order valence-corrected chi connectivity index (χ1v) is 11.5. The quantitative estimate of drug-likeness (QED) is 0.268. The van der Waals surface area contributed by atoms with E-state index in [2.05, 4.69) is 6.58 Å². The number of fused-ring (bicyclic) bond motifs is 4. The van der Waals surface area contributed by atoms with Crippen LogP contribution in [0.5, 0.6) is 0 Å². The van der Waals surface area contributed by atoms with Gasteiger partial charge in [-0.2, -0.15) is 0 Å². The first-order chi connectivity index (χ1) is 16.3. The highest BCUT2D eigenvalue weighted by Crippen LogP contribution is 2.55. The molecule has 0 aromatic rings. The summed E-state index contributed by atoms with van der Waals surface area (Å²) in [5.41, 5.74) is -3.51. The van der Waals surface area contributed by atoms with Crippen molar-refractivity contribution in [3.63, 3.8) is 0 Å². The molecule has 1 N–H and O–H groups in total. The third-order valence-electron chi connectivity index (χ3n) is 7.42. The van der Waals surface area contributed by atoms with Crippen molar-refractivity contribution in [1.82, 2.24) is 0 Å². The second-order valence-corrected chi connectivity index (χ2v) is 9.95. The minimum absolute atomic E-state index is 0.0193. The molecule has 0 aromatic carbocycles. The average molecular weight is 491 g/mol. The molecular formula is C25H30O10. The Morgan fingerprint density at radius 3 is 2.49 bits per heavy atom. The van der Waals surface area contributed by atoms with Gasteiger partial charge in [-0.1, -0.05) is 12.7 Å². The molecule has 0 unspecified atom stereocenters. The summed E-state index contributed by atoms with van der Waals surface area (Å²) >= 11 is 0. The number of esters is 4. The minimum Gasteiger partial charge on any atom is -0.461 e. The molecule has 6 atom stereocenters. The second-order valence-electron chi connectivity index (χ2n) is 9.95. The van der Waals surface area contributed by atoms with Crippen molar-refractivity contribution in [1.29, 1.82) is 0 Å². The Balaban J connectivity index is 1.88. The summed E-state index contributed by atoms with van der Waals surface area (Å²) in [7, 11) is 0. The van der Waals surface area contributed by atoms with Crippen molar-refractivity contribution in [3.05, 3.63) is 34.9 Å². The lowest BCUT2D eigenvalue weighted by molar-refractivity contribution is -0.166. The van der Waals surface area contributed by atoms with Gasteiger partial charge in [-0.05, 0) is 40.5 Å². The van der Waals surface area contributed by atoms with Gasteiger partial charge in [0.15, 0.2) is 6.10 Å². The van der Waals surface area contributed by atoms with Gasteiger partial charge in [-0.25, -0.2) is 14.4 Å². The number of hydrogen-bond acceptors (Lipinski definition) is 10. The lowest BCUT2D eigenvalue weighted by atomic mass is 9.71. The van der Waals surface area contributed by atoms with E-state index in [1.807, 2.05) is 6.92 Å². The topological polar surface area (TPSA) is 138 Å². The molecule has 3 aliphatic heterocycles. The number of rotatable bonds is 4. The van der Waals surface area contributed by atoms with Crippen molar-refractivity contribution in [3.8, 4) is 0 Å². The fraction of sp³-hybridized carbons (Fsp3) is 0.600. The molecule has 35 heavy (non-hydrogen) atoms. The number of carbonyl (C=O) groups is 4. The normalized spacial score (nSPS) is 39.1. The molecule has 10 nitrogen and oxygen atoms in total. The molecule has 1 saturated carbocycles. The highest BCUT2D eigenvalue weighted by atomic mass is 16.7. The summed E-state index contributed by atoms with van der Waals surface area (Å²) in [6.45, 7) is 10.9. The monoisotopic (exact) mass is 490 g/mol. The van der Waals surface area contributed by atoms with Crippen LogP contribution in [0, 0.1) is 0 Å². The second kappa shape index (κ2) is 8.30. The Bertz CT molecular complexity index is 1090. The van der Waals surface area contributed by atoms with Crippen LogP contribution < -0.4 is 0 Å². The van der Waals surface area contributed by atoms with Crippen molar-refractivity contribution in [2.24, 2.45) is 0 Å². The maximum absolute atomic E-state index is 12.9. The molecule has 0 radical (unpaired) electrons. The first-order valence-electron chi connectivity index (χ1n) is 11.5. The molecule has 0 amide bonds. The maximum Gasteiger partial charge on any atom is 0.338 e. The zero-order valence-corrected chi connectivity index (χ0v) is 20.5. The van der Waals surface area contributed by atoms with Crippen molar-refractivity contribution in [2.75, 3.05) is 6.61 Å². The van der Waals surface area contributed by atoms with Crippen LogP contribution in [0.15, 0.2) is 34.9 Å². The summed E-state index contributed by atoms with van der Waals surface area (Å²) in [5.74, 6) is -2.75. The summed E-state index contributed by atoms with van der Waals surface area (Å²) in [6, 6.07) is 0. The third kappa shape index (κ3) is 3.98. The summed E-state index contributed by atoms with van der Waals surface area (Å²) in [6.07, 6.45) is -0.860. The molecule has 0 aromatic heterocycles. The van der Waals surface area contributed by atoms with Crippen molar-refractivity contribution in [2.45, 2.75) is 89.0 Å². The zero-order chi connectivity index (χ0) is 25.9. The van der Waals surface area contributed by atoms with E-state index in [9.17, 15) is 24.3 Å². The van der Waals surface area contributed by atoms with Crippen LogP contribution in [0.3, 0.4) is 0 Å². The molecule has 10 heteroatoms. The number of carbonyl (C=O) groups excluding carboxylic acids is 4. The predicted octanol–water partition coefficient (Wildman–Crippen LogP) is 1.59. The Kier molecular flexibility index (Phi) is 5.96. The Labute approximate surface area is 202 Å². The smallest absolute Gasteiger partial charge is 0.338 e. The maximum atomic E-state index is 12.9. The van der Waals surface area contributed by atoms with Gasteiger partial charge in [-0.15, -0.1) is 0 Å². The van der Waals surface area contributed by atoms with E-state index < -0.39 is 65.6 Å². The Morgan fingerprint density at radius 1 is 1.20 bits per heavy atom. The standard InChI is InChI=1S/C25H30O10/c1-7-15-22(29)35-24(6)10-16(32-20(27)12(2)3)17-14(11-31-13(4)26)21(28)33-18(17)19-23(5,34-19)8-9-25(15,24)30/h7,16,18-19,30H,2,8-11H2,1,3-6H3/b15-7-/t16-,18-,19+,23+,24+,25+/m0/s1. The highest BCUT2D eigenvalue weighted by Gasteiger charge is 2.68. The van der Waals surface area contributed by atoms with E-state index >= 15 is 0 Å². The van der Waals surface area contributed by atoms with Crippen LogP contribution in [0.25, 0.3) is 0 Å². The SMILES string of the molecule is C=C(C)C(=O)O[C@H]1C[C@@]2(C)OC(=O)/C(=C/C)[C@]2(O)CC[C@@]2(C)O[C@@H]2[C@H]2OC(=O)C(COC(C)=O)=C12. The van der Waals surface area contributed by atoms with Crippen LogP contribution in [-0.4, -0.2) is 70.7 Å². The molecule has 0 bridgehead atoms. The first kappa shape index (κ1) is 25.1. The number of epoxide rings is 1. The van der Waals surface area contributed by atoms with Gasteiger partial charge in [-0.3, -0.25) is 4.79 Å². The van der Waals surface area contributed by atoms with E-state index in [1.165, 1.54) is 19.9 Å². The van der Waals surface area contributed by atoms with E-state index in [0.29, 0.717) is 6.42 Å². The largest absolute Gasteiger partial charge is 0.461 e. The molecular weight excluding hydrogens is 460 g/mol. The molecule has 3 fully saturated rings. The van der Waals surface area contributed by atoms with Crippen molar-refractivity contribution < 1.29 is 48.0 Å². The lowest BCUT2D eigenvalue weighted by Crippen LogP contribution is -2.53. The van der Waals surface area contributed by atoms with E-state index in [1.54, 1.807) is 13.8 Å². The highest BCUT2D eigenvalue weighted by molar-refractivity contribution is 5.95. The van der Waals surface area contributed by atoms with Gasteiger partial charge >= 0.3 is 23.9 Å². The van der Waals surface area contributed by atoms with Crippen LogP contribution in [0.2, 0.25) is 0 Å². The molecule has 2 saturated heterocycles. The predicted molar refractivity (Wildman–Crippen MR) is 119 cm³/mol. The Morgan fingerprint density at radius 2 is 1.89 bits per heavy atom. The number of aliphatic hydroxyl groups is 1. The number of hydrogen-bond donors (Lipinski definition) is 1. The number of ether oxygens (including phenoxy) is 5. The molecule has 1 aliphatic carbocycles. The lowest BCUT2D eigenvalue weighted by Gasteiger charge is -2.40. The summed E-state index contributed by atoms with van der Waals surface area (Å²) in [5, 5.41) is 11.9. The molecule has 4 aliphatic rings. The third-order valence-corrected chi connectivity index (χ3v) is 7.42. The zero-order valence-electron chi connectivity index (χ0n) is 20.5. The molecule has 0 spiro atoms. The van der Waals surface area contributed by atoms with E-state index in [-0.39, 0.29) is 35.1 Å². The van der Waals surface area contributed by atoms with Gasteiger partial charge in [0.1, 0.15) is 30.0 Å². The fourth-order valence-electron chi connectivity index (χ4n) is 5.29. The average Bonchev–Trinajstić information content (AvgIpc) is 3.25. The van der Waals surface area contributed by atoms with Crippen molar-refractivity contribution >= 4 is 23.9 Å². The summed E-state index contributed by atoms with van der Waals surface area (Å²) < 4.78 is 28.2. The van der Waals surface area contributed by atoms with Gasteiger partial charge in [0, 0.05) is 24.5 Å². The fourth-order valence-corrected chi connectivity index (χ4v) is 5.29. The Hall–Kier alpha value is -2.98. The molecule has 4 rings (SSSR count). The van der Waals surface area contributed by atoms with Gasteiger partial charge in [0.05, 0.1) is 16.7 Å². The van der Waals surface area contributed by atoms with E-state index in [0.717, 1.165) is 0 Å². The van der Waals surface area contributed by atoms with Crippen LogP contribution >= 0.6 is 0 Å². The van der Waals surface area contributed by atoms with Gasteiger partial charge in [0.2, 0.25) is 0 Å². The summed E-state index contributed by atoms with van der Waals surface area (Å²) in [4.78, 5) is 49.8. The molecule has 3 heterocycles. The van der Waals surface area contributed by atoms with Crippen LogP contribution in [0.1, 0.15) is 53.9 Å². The van der Waals surface area contributed by atoms with E-state index in [4.69, 9.17) is 23.7 Å². The van der Waals surface area contributed by atoms with Crippen LogP contribution in [-0.2, 0) is 42.9 Å². The van der Waals surface area contributed by atoms with Gasteiger partial charge < -0.3 is 28.8 Å².